The van der Waals surface area contributed by atoms with Crippen molar-refractivity contribution in [1.29, 1.82) is 0 Å². The lowest BCUT2D eigenvalue weighted by atomic mass is 9.95. The summed E-state index contributed by atoms with van der Waals surface area (Å²) in [4.78, 5) is 0. The third-order valence-corrected chi connectivity index (χ3v) is 2.60. The minimum atomic E-state index is 0.558. The van der Waals surface area contributed by atoms with Crippen molar-refractivity contribution < 1.29 is 4.74 Å². The highest BCUT2D eigenvalue weighted by atomic mass is 16.5. The van der Waals surface area contributed by atoms with Crippen LogP contribution in [0.25, 0.3) is 0 Å². The van der Waals surface area contributed by atoms with Crippen LogP contribution in [-0.4, -0.2) is 6.61 Å². The Morgan fingerprint density at radius 3 is 1.73 bits per heavy atom. The number of hydrogen-bond acceptors (Lipinski definition) is 1. The van der Waals surface area contributed by atoms with Crippen LogP contribution in [0.1, 0.15) is 57.6 Å². The molecule has 1 heteroatoms. The molecule has 0 saturated carbocycles. The Balaban J connectivity index is 3.08. The summed E-state index contributed by atoms with van der Waals surface area (Å²) in [5, 5.41) is 0. The SMILES string of the molecule is CCOc1cc(C(C)C)cc(C(C)C)c1. The van der Waals surface area contributed by atoms with Crippen LogP contribution in [0.3, 0.4) is 0 Å². The molecule has 0 heterocycles. The first-order chi connectivity index (χ1) is 7.04. The lowest BCUT2D eigenvalue weighted by Crippen LogP contribution is -1.98. The third-order valence-electron chi connectivity index (χ3n) is 2.60. The van der Waals surface area contributed by atoms with Crippen molar-refractivity contribution in [3.05, 3.63) is 29.3 Å². The van der Waals surface area contributed by atoms with E-state index in [-0.39, 0.29) is 0 Å². The molecule has 84 valence electrons. The molecule has 0 unspecified atom stereocenters. The Morgan fingerprint density at radius 1 is 0.933 bits per heavy atom. The second kappa shape index (κ2) is 5.20. The maximum absolute atomic E-state index is 5.59. The van der Waals surface area contributed by atoms with E-state index >= 15 is 0 Å². The molecule has 0 saturated heterocycles. The molecule has 1 nitrogen and oxygen atoms in total. The summed E-state index contributed by atoms with van der Waals surface area (Å²) in [6.45, 7) is 11.6. The van der Waals surface area contributed by atoms with Gasteiger partial charge in [0.15, 0.2) is 0 Å². The minimum absolute atomic E-state index is 0.558. The second-order valence-corrected chi connectivity index (χ2v) is 4.58. The fourth-order valence-electron chi connectivity index (χ4n) is 1.56. The molecule has 1 rings (SSSR count). The molecule has 0 radical (unpaired) electrons. The van der Waals surface area contributed by atoms with Crippen molar-refractivity contribution >= 4 is 0 Å². The summed E-state index contributed by atoms with van der Waals surface area (Å²) in [6.07, 6.45) is 0. The maximum Gasteiger partial charge on any atom is 0.119 e. The molecule has 0 aromatic heterocycles. The Bertz CT molecular complexity index is 287. The summed E-state index contributed by atoms with van der Waals surface area (Å²) in [5.74, 6) is 2.12. The summed E-state index contributed by atoms with van der Waals surface area (Å²) < 4.78 is 5.59. The van der Waals surface area contributed by atoms with Gasteiger partial charge in [0.05, 0.1) is 6.61 Å². The fourth-order valence-corrected chi connectivity index (χ4v) is 1.56. The van der Waals surface area contributed by atoms with Crippen LogP contribution >= 0.6 is 0 Å². The maximum atomic E-state index is 5.59. The topological polar surface area (TPSA) is 9.23 Å². The van der Waals surface area contributed by atoms with Crippen molar-refractivity contribution in [3.63, 3.8) is 0 Å². The zero-order valence-corrected chi connectivity index (χ0v) is 10.5. The standard InChI is InChI=1S/C14H22O/c1-6-15-14-8-12(10(2)3)7-13(9-14)11(4)5/h7-11H,6H2,1-5H3. The molecule has 0 aliphatic heterocycles. The second-order valence-electron chi connectivity index (χ2n) is 4.58. The molecule has 0 N–H and O–H groups in total. The lowest BCUT2D eigenvalue weighted by Gasteiger charge is -2.14. The van der Waals surface area contributed by atoms with Gasteiger partial charge in [0.2, 0.25) is 0 Å². The van der Waals surface area contributed by atoms with Crippen molar-refractivity contribution in [2.75, 3.05) is 6.61 Å². The molecule has 0 atom stereocenters. The number of ether oxygens (including phenoxy) is 1. The van der Waals surface area contributed by atoms with Crippen molar-refractivity contribution in [3.8, 4) is 5.75 Å². The van der Waals surface area contributed by atoms with Gasteiger partial charge in [-0.25, -0.2) is 0 Å². The van der Waals surface area contributed by atoms with Crippen molar-refractivity contribution in [2.24, 2.45) is 0 Å². The summed E-state index contributed by atoms with van der Waals surface area (Å²) in [5.41, 5.74) is 2.73. The number of benzene rings is 1. The Morgan fingerprint density at radius 2 is 1.40 bits per heavy atom. The lowest BCUT2D eigenvalue weighted by molar-refractivity contribution is 0.339. The van der Waals surface area contributed by atoms with Crippen molar-refractivity contribution in [2.45, 2.75) is 46.5 Å². The van der Waals surface area contributed by atoms with E-state index in [9.17, 15) is 0 Å². The van der Waals surface area contributed by atoms with E-state index in [0.717, 1.165) is 12.4 Å². The minimum Gasteiger partial charge on any atom is -0.494 e. The largest absolute Gasteiger partial charge is 0.494 e. The molecule has 0 aliphatic carbocycles. The average molecular weight is 206 g/mol. The van der Waals surface area contributed by atoms with Gasteiger partial charge in [0, 0.05) is 0 Å². The Hall–Kier alpha value is -0.980. The van der Waals surface area contributed by atoms with E-state index in [4.69, 9.17) is 4.74 Å². The molecule has 0 amide bonds. The molecule has 0 aliphatic rings. The van der Waals surface area contributed by atoms with Crippen LogP contribution in [0.15, 0.2) is 18.2 Å². The average Bonchev–Trinajstić information content (AvgIpc) is 2.17. The highest BCUT2D eigenvalue weighted by Gasteiger charge is 2.07. The van der Waals surface area contributed by atoms with Crippen LogP contribution in [0, 0.1) is 0 Å². The summed E-state index contributed by atoms with van der Waals surface area (Å²) in [7, 11) is 0. The van der Waals surface area contributed by atoms with Crippen molar-refractivity contribution in [1.82, 2.24) is 0 Å². The Kier molecular flexibility index (Phi) is 4.19. The van der Waals surface area contributed by atoms with Gasteiger partial charge in [-0.15, -0.1) is 0 Å². The van der Waals surface area contributed by atoms with Crippen LogP contribution in [0.5, 0.6) is 5.75 Å². The van der Waals surface area contributed by atoms with Crippen LogP contribution < -0.4 is 4.74 Å². The van der Waals surface area contributed by atoms with Gasteiger partial charge in [-0.3, -0.25) is 0 Å². The molecule has 1 aromatic carbocycles. The quantitative estimate of drug-likeness (QED) is 0.712. The first-order valence-corrected chi connectivity index (χ1v) is 5.82. The monoisotopic (exact) mass is 206 g/mol. The van der Waals surface area contributed by atoms with Crippen LogP contribution in [0.4, 0.5) is 0 Å². The van der Waals surface area contributed by atoms with Gasteiger partial charge >= 0.3 is 0 Å². The first kappa shape index (κ1) is 12.1. The van der Waals surface area contributed by atoms with Gasteiger partial charge in [-0.1, -0.05) is 33.8 Å². The Labute approximate surface area is 93.5 Å². The molecule has 0 bridgehead atoms. The van der Waals surface area contributed by atoms with Gasteiger partial charge in [0.25, 0.3) is 0 Å². The first-order valence-electron chi connectivity index (χ1n) is 5.82. The zero-order chi connectivity index (χ0) is 11.4. The van der Waals surface area contributed by atoms with Gasteiger partial charge in [-0.2, -0.15) is 0 Å². The normalized spacial score (nSPS) is 11.1. The van der Waals surface area contributed by atoms with Gasteiger partial charge in [-0.05, 0) is 42.0 Å². The molecular weight excluding hydrogens is 184 g/mol. The predicted octanol–water partition coefficient (Wildman–Crippen LogP) is 4.33. The molecule has 0 spiro atoms. The van der Waals surface area contributed by atoms with Gasteiger partial charge in [0.1, 0.15) is 5.75 Å². The summed E-state index contributed by atoms with van der Waals surface area (Å²) in [6, 6.07) is 6.60. The predicted molar refractivity (Wildman–Crippen MR) is 65.8 cm³/mol. The van der Waals surface area contributed by atoms with E-state index in [0.29, 0.717) is 11.8 Å². The van der Waals surface area contributed by atoms with Crippen LogP contribution in [-0.2, 0) is 0 Å². The highest BCUT2D eigenvalue weighted by Crippen LogP contribution is 2.27. The zero-order valence-electron chi connectivity index (χ0n) is 10.5. The van der Waals surface area contributed by atoms with E-state index < -0.39 is 0 Å². The third kappa shape index (κ3) is 3.26. The number of hydrogen-bond donors (Lipinski definition) is 0. The fraction of sp³-hybridized carbons (Fsp3) is 0.571. The smallest absolute Gasteiger partial charge is 0.119 e. The number of rotatable bonds is 4. The van der Waals surface area contributed by atoms with E-state index in [1.807, 2.05) is 6.92 Å². The van der Waals surface area contributed by atoms with E-state index in [2.05, 4.69) is 45.9 Å². The molecule has 0 fully saturated rings. The van der Waals surface area contributed by atoms with E-state index in [1.54, 1.807) is 0 Å². The molecule has 1 aromatic rings. The van der Waals surface area contributed by atoms with E-state index in [1.165, 1.54) is 11.1 Å². The summed E-state index contributed by atoms with van der Waals surface area (Å²) >= 11 is 0. The highest BCUT2D eigenvalue weighted by molar-refractivity contribution is 5.37. The molecular formula is C14H22O. The van der Waals surface area contributed by atoms with Crippen LogP contribution in [0.2, 0.25) is 0 Å². The molecule has 15 heavy (non-hydrogen) atoms. The van der Waals surface area contributed by atoms with Gasteiger partial charge < -0.3 is 4.74 Å².